The maximum absolute atomic E-state index is 13.2. The van der Waals surface area contributed by atoms with Gasteiger partial charge in [0.05, 0.1) is 5.02 Å². The zero-order valence-corrected chi connectivity index (χ0v) is 10.1. The molecule has 1 saturated carbocycles. The molecule has 16 heavy (non-hydrogen) atoms. The molecule has 0 bridgehead atoms. The van der Waals surface area contributed by atoms with E-state index in [0.29, 0.717) is 0 Å². The van der Waals surface area contributed by atoms with Crippen LogP contribution in [-0.4, -0.2) is 6.54 Å². The summed E-state index contributed by atoms with van der Waals surface area (Å²) in [4.78, 5) is 0. The van der Waals surface area contributed by atoms with Gasteiger partial charge in [0.15, 0.2) is 0 Å². The van der Waals surface area contributed by atoms with Crippen LogP contribution >= 0.6 is 11.6 Å². The van der Waals surface area contributed by atoms with Crippen molar-refractivity contribution in [1.29, 1.82) is 0 Å². The third-order valence-corrected chi connectivity index (χ3v) is 3.55. The van der Waals surface area contributed by atoms with Crippen LogP contribution in [0.4, 0.5) is 10.1 Å². The molecule has 0 unspecified atom stereocenters. The predicted molar refractivity (Wildman–Crippen MR) is 66.5 cm³/mol. The zero-order valence-electron chi connectivity index (χ0n) is 9.31. The van der Waals surface area contributed by atoms with Gasteiger partial charge in [-0.05, 0) is 37.0 Å². The quantitative estimate of drug-likeness (QED) is 0.823. The Labute approximate surface area is 101 Å². The molecule has 0 heterocycles. The topological polar surface area (TPSA) is 12.0 Å². The lowest BCUT2D eigenvalue weighted by Gasteiger charge is -2.22. The Balaban J connectivity index is 1.86. The SMILES string of the molecule is Fc1cc(NCC2CCCCC2)ccc1Cl. The highest BCUT2D eigenvalue weighted by molar-refractivity contribution is 6.30. The van der Waals surface area contributed by atoms with Crippen LogP contribution in [0.3, 0.4) is 0 Å². The van der Waals surface area contributed by atoms with Gasteiger partial charge >= 0.3 is 0 Å². The van der Waals surface area contributed by atoms with E-state index in [4.69, 9.17) is 11.6 Å². The molecular weight excluding hydrogens is 225 g/mol. The predicted octanol–water partition coefficient (Wildman–Crippen LogP) is 4.47. The van der Waals surface area contributed by atoms with Gasteiger partial charge in [0.1, 0.15) is 5.82 Å². The van der Waals surface area contributed by atoms with Gasteiger partial charge in [0, 0.05) is 12.2 Å². The lowest BCUT2D eigenvalue weighted by atomic mass is 9.89. The highest BCUT2D eigenvalue weighted by Gasteiger charge is 2.12. The Kier molecular flexibility index (Phi) is 4.05. The Bertz CT molecular complexity index is 348. The molecule has 1 fully saturated rings. The van der Waals surface area contributed by atoms with Crippen LogP contribution in [-0.2, 0) is 0 Å². The summed E-state index contributed by atoms with van der Waals surface area (Å²) < 4.78 is 13.2. The maximum atomic E-state index is 13.2. The van der Waals surface area contributed by atoms with Crippen molar-refractivity contribution in [2.24, 2.45) is 5.92 Å². The van der Waals surface area contributed by atoms with Crippen molar-refractivity contribution in [3.63, 3.8) is 0 Å². The lowest BCUT2D eigenvalue weighted by Crippen LogP contribution is -2.17. The molecule has 0 saturated heterocycles. The smallest absolute Gasteiger partial charge is 0.143 e. The fourth-order valence-corrected chi connectivity index (χ4v) is 2.38. The van der Waals surface area contributed by atoms with Crippen LogP contribution < -0.4 is 5.32 Å². The minimum atomic E-state index is -0.352. The Morgan fingerprint density at radius 1 is 1.25 bits per heavy atom. The first-order chi connectivity index (χ1) is 7.75. The van der Waals surface area contributed by atoms with E-state index in [2.05, 4.69) is 5.32 Å². The van der Waals surface area contributed by atoms with E-state index >= 15 is 0 Å². The number of hydrogen-bond donors (Lipinski definition) is 1. The van der Waals surface area contributed by atoms with E-state index in [-0.39, 0.29) is 10.8 Å². The minimum absolute atomic E-state index is 0.184. The van der Waals surface area contributed by atoms with Crippen molar-refractivity contribution in [3.8, 4) is 0 Å². The molecule has 0 aliphatic heterocycles. The van der Waals surface area contributed by atoms with Crippen LogP contribution in [0.15, 0.2) is 18.2 Å². The summed E-state index contributed by atoms with van der Waals surface area (Å²) >= 11 is 5.63. The molecule has 1 nitrogen and oxygen atoms in total. The normalized spacial score (nSPS) is 17.4. The van der Waals surface area contributed by atoms with Crippen LogP contribution in [0, 0.1) is 11.7 Å². The van der Waals surface area contributed by atoms with Crippen LogP contribution in [0.1, 0.15) is 32.1 Å². The summed E-state index contributed by atoms with van der Waals surface area (Å²) in [5.74, 6) is 0.391. The van der Waals surface area contributed by atoms with Crippen molar-refractivity contribution >= 4 is 17.3 Å². The second-order valence-electron chi connectivity index (χ2n) is 4.51. The largest absolute Gasteiger partial charge is 0.385 e. The molecule has 0 aromatic heterocycles. The molecule has 2 rings (SSSR count). The van der Waals surface area contributed by atoms with Crippen LogP contribution in [0.25, 0.3) is 0 Å². The summed E-state index contributed by atoms with van der Waals surface area (Å²) in [5.41, 5.74) is 0.826. The molecule has 88 valence electrons. The van der Waals surface area contributed by atoms with Crippen molar-refractivity contribution in [3.05, 3.63) is 29.0 Å². The fraction of sp³-hybridized carbons (Fsp3) is 0.538. The van der Waals surface area contributed by atoms with E-state index in [1.54, 1.807) is 6.07 Å². The van der Waals surface area contributed by atoms with Crippen molar-refractivity contribution in [2.45, 2.75) is 32.1 Å². The zero-order chi connectivity index (χ0) is 11.4. The van der Waals surface area contributed by atoms with E-state index in [1.165, 1.54) is 38.2 Å². The Morgan fingerprint density at radius 3 is 2.69 bits per heavy atom. The second kappa shape index (κ2) is 5.53. The molecule has 1 aliphatic rings. The van der Waals surface area contributed by atoms with E-state index in [0.717, 1.165) is 18.2 Å². The van der Waals surface area contributed by atoms with Gasteiger partial charge < -0.3 is 5.32 Å². The van der Waals surface area contributed by atoms with E-state index in [9.17, 15) is 4.39 Å². The highest BCUT2D eigenvalue weighted by Crippen LogP contribution is 2.24. The molecule has 1 aliphatic carbocycles. The highest BCUT2D eigenvalue weighted by atomic mass is 35.5. The Hall–Kier alpha value is -0.760. The first-order valence-corrected chi connectivity index (χ1v) is 6.32. The molecular formula is C13H17ClFN. The summed E-state index contributed by atoms with van der Waals surface area (Å²) in [7, 11) is 0. The van der Waals surface area contributed by atoms with Gasteiger partial charge in [-0.3, -0.25) is 0 Å². The van der Waals surface area contributed by atoms with Crippen LogP contribution in [0.2, 0.25) is 5.02 Å². The molecule has 1 aromatic rings. The van der Waals surface area contributed by atoms with Crippen LogP contribution in [0.5, 0.6) is 0 Å². The summed E-state index contributed by atoms with van der Waals surface area (Å²) in [6, 6.07) is 4.89. The number of hydrogen-bond acceptors (Lipinski definition) is 1. The number of nitrogens with one attached hydrogen (secondary N) is 1. The van der Waals surface area contributed by atoms with E-state index in [1.807, 2.05) is 6.07 Å². The average Bonchev–Trinajstić information content (AvgIpc) is 2.32. The number of benzene rings is 1. The summed E-state index contributed by atoms with van der Waals surface area (Å²) in [6.45, 7) is 0.946. The van der Waals surface area contributed by atoms with E-state index < -0.39 is 0 Å². The average molecular weight is 242 g/mol. The third kappa shape index (κ3) is 3.11. The third-order valence-electron chi connectivity index (χ3n) is 3.24. The minimum Gasteiger partial charge on any atom is -0.385 e. The van der Waals surface area contributed by atoms with Gasteiger partial charge in [0.2, 0.25) is 0 Å². The summed E-state index contributed by atoms with van der Waals surface area (Å²) in [5, 5.41) is 3.47. The number of halogens is 2. The molecule has 0 amide bonds. The fourth-order valence-electron chi connectivity index (χ4n) is 2.26. The van der Waals surface area contributed by atoms with Crippen molar-refractivity contribution in [2.75, 3.05) is 11.9 Å². The van der Waals surface area contributed by atoms with Gasteiger partial charge in [-0.15, -0.1) is 0 Å². The molecule has 1 N–H and O–H groups in total. The molecule has 0 radical (unpaired) electrons. The van der Waals surface area contributed by atoms with Gasteiger partial charge in [-0.1, -0.05) is 30.9 Å². The van der Waals surface area contributed by atoms with Crippen molar-refractivity contribution in [1.82, 2.24) is 0 Å². The van der Waals surface area contributed by atoms with Gasteiger partial charge in [-0.2, -0.15) is 0 Å². The second-order valence-corrected chi connectivity index (χ2v) is 4.92. The van der Waals surface area contributed by atoms with Gasteiger partial charge in [0.25, 0.3) is 0 Å². The number of anilines is 1. The lowest BCUT2D eigenvalue weighted by molar-refractivity contribution is 0.373. The standard InChI is InChI=1S/C13H17ClFN/c14-12-7-6-11(8-13(12)15)16-9-10-4-2-1-3-5-10/h6-8,10,16H,1-5,9H2. The molecule has 0 atom stereocenters. The van der Waals surface area contributed by atoms with Crippen molar-refractivity contribution < 1.29 is 4.39 Å². The first-order valence-electron chi connectivity index (χ1n) is 5.94. The monoisotopic (exact) mass is 241 g/mol. The number of rotatable bonds is 3. The molecule has 3 heteroatoms. The van der Waals surface area contributed by atoms with Gasteiger partial charge in [-0.25, -0.2) is 4.39 Å². The molecule has 0 spiro atoms. The molecule has 1 aromatic carbocycles. The maximum Gasteiger partial charge on any atom is 0.143 e. The summed E-state index contributed by atoms with van der Waals surface area (Å²) in [6.07, 6.45) is 6.63. The first kappa shape index (κ1) is 11.7. The Morgan fingerprint density at radius 2 is 2.00 bits per heavy atom.